The Labute approximate surface area is 237 Å². The van der Waals surface area contributed by atoms with Crippen LogP contribution in [0.3, 0.4) is 0 Å². The van der Waals surface area contributed by atoms with Gasteiger partial charge in [-0.05, 0) is 63.7 Å². The zero-order chi connectivity index (χ0) is 28.7. The van der Waals surface area contributed by atoms with Crippen LogP contribution in [0, 0.1) is 0 Å². The second kappa shape index (κ2) is 16.9. The maximum atomic E-state index is 12.8. The summed E-state index contributed by atoms with van der Waals surface area (Å²) >= 11 is 0. The molecule has 1 aromatic rings. The first-order valence-electron chi connectivity index (χ1n) is 14.3. The van der Waals surface area contributed by atoms with Crippen LogP contribution < -0.4 is 19.5 Å². The minimum Gasteiger partial charge on any atom is -0.493 e. The highest BCUT2D eigenvalue weighted by molar-refractivity contribution is 5.91. The van der Waals surface area contributed by atoms with Crippen molar-refractivity contribution in [2.45, 2.75) is 58.0 Å². The molecule has 2 aliphatic heterocycles. The lowest BCUT2D eigenvalue weighted by Crippen LogP contribution is -2.34. The van der Waals surface area contributed by atoms with Gasteiger partial charge in [0.25, 0.3) is 0 Å². The van der Waals surface area contributed by atoms with E-state index < -0.39 is 5.97 Å². The van der Waals surface area contributed by atoms with Gasteiger partial charge in [0, 0.05) is 46.1 Å². The number of esters is 2. The summed E-state index contributed by atoms with van der Waals surface area (Å²) in [5, 5.41) is 2.71. The highest BCUT2D eigenvalue weighted by Crippen LogP contribution is 2.38. The molecule has 0 aromatic heterocycles. The van der Waals surface area contributed by atoms with Crippen LogP contribution in [0.2, 0.25) is 0 Å². The molecule has 1 saturated heterocycles. The van der Waals surface area contributed by atoms with Crippen LogP contribution in [0.4, 0.5) is 0 Å². The summed E-state index contributed by atoms with van der Waals surface area (Å²) in [6.07, 6.45) is 4.39. The molecular weight excluding hydrogens is 518 g/mol. The van der Waals surface area contributed by atoms with Crippen LogP contribution in [0.25, 0.3) is 0 Å². The Balaban J connectivity index is 1.70. The second-order valence-corrected chi connectivity index (χ2v) is 10.2. The maximum absolute atomic E-state index is 12.8. The monoisotopic (exact) mass is 563 g/mol. The minimum atomic E-state index is -0.434. The summed E-state index contributed by atoms with van der Waals surface area (Å²) in [4.78, 5) is 41.3. The van der Waals surface area contributed by atoms with Gasteiger partial charge >= 0.3 is 11.9 Å². The van der Waals surface area contributed by atoms with Crippen LogP contribution in [-0.4, -0.2) is 107 Å². The fourth-order valence-corrected chi connectivity index (χ4v) is 4.99. The fraction of sp³-hybridized carbons (Fsp3) is 0.690. The third kappa shape index (κ3) is 10.5. The summed E-state index contributed by atoms with van der Waals surface area (Å²) in [5.41, 5.74) is 0.335. The minimum absolute atomic E-state index is 0.111. The van der Waals surface area contributed by atoms with Crippen molar-refractivity contribution in [3.8, 4) is 17.2 Å². The number of hydrogen-bond donors (Lipinski definition) is 1. The second-order valence-electron chi connectivity index (χ2n) is 10.2. The van der Waals surface area contributed by atoms with Gasteiger partial charge in [0.15, 0.2) is 11.5 Å². The summed E-state index contributed by atoms with van der Waals surface area (Å²) in [5.74, 6) is 0.383. The van der Waals surface area contributed by atoms with Gasteiger partial charge in [-0.2, -0.15) is 0 Å². The Morgan fingerprint density at radius 3 is 2.38 bits per heavy atom. The van der Waals surface area contributed by atoms with Crippen LogP contribution >= 0.6 is 0 Å². The van der Waals surface area contributed by atoms with Gasteiger partial charge in [-0.25, -0.2) is 4.79 Å². The van der Waals surface area contributed by atoms with Crippen molar-refractivity contribution in [1.29, 1.82) is 0 Å². The number of nitrogens with one attached hydrogen (secondary N) is 1. The normalized spacial score (nSPS) is 22.8. The van der Waals surface area contributed by atoms with Crippen LogP contribution in [-0.2, 0) is 19.1 Å². The Hall–Kier alpha value is -3.05. The topological polar surface area (TPSA) is 116 Å². The molecule has 3 rings (SSSR count). The van der Waals surface area contributed by atoms with Crippen LogP contribution in [0.15, 0.2) is 12.1 Å². The summed E-state index contributed by atoms with van der Waals surface area (Å²) in [6, 6.07) is 3.22. The van der Waals surface area contributed by atoms with E-state index in [4.69, 9.17) is 23.7 Å². The molecule has 11 nitrogen and oxygen atoms in total. The van der Waals surface area contributed by atoms with Gasteiger partial charge in [-0.3, -0.25) is 9.59 Å². The van der Waals surface area contributed by atoms with Crippen molar-refractivity contribution in [1.82, 2.24) is 15.1 Å². The zero-order valence-electron chi connectivity index (χ0n) is 24.2. The molecule has 1 fully saturated rings. The fourth-order valence-electron chi connectivity index (χ4n) is 4.99. The lowest BCUT2D eigenvalue weighted by molar-refractivity contribution is -0.150. The van der Waals surface area contributed by atoms with E-state index in [2.05, 4.69) is 15.1 Å². The summed E-state index contributed by atoms with van der Waals surface area (Å²) < 4.78 is 28.4. The number of hydrogen-bond acceptors (Lipinski definition) is 10. The highest BCUT2D eigenvalue weighted by Gasteiger charge is 2.22. The first kappa shape index (κ1) is 31.5. The zero-order valence-corrected chi connectivity index (χ0v) is 24.2. The molecule has 0 radical (unpaired) electrons. The van der Waals surface area contributed by atoms with E-state index in [1.807, 2.05) is 0 Å². The molecule has 0 aliphatic carbocycles. The van der Waals surface area contributed by atoms with Crippen molar-refractivity contribution < 1.29 is 38.1 Å². The van der Waals surface area contributed by atoms with E-state index in [9.17, 15) is 14.4 Å². The molecule has 2 aliphatic rings. The van der Waals surface area contributed by atoms with Crippen molar-refractivity contribution >= 4 is 17.8 Å². The molecule has 4 bridgehead atoms. The number of benzene rings is 1. The standard InChI is InChI=1S/C29H45N3O8/c1-22(33)30-11-4-9-27(34)40-24-8-5-18-38-26-21-23(20-25(36-2)28(26)37-3)29(35)39-19-7-14-31-12-6-13-32(15-10-24)17-16-31/h20-21,24H,4-19H2,1-3H3,(H,30,33). The summed E-state index contributed by atoms with van der Waals surface area (Å²) in [7, 11) is 3.03. The number of carbonyl (C=O) groups is 3. The third-order valence-corrected chi connectivity index (χ3v) is 7.14. The van der Waals surface area contributed by atoms with Gasteiger partial charge in [-0.1, -0.05) is 0 Å². The van der Waals surface area contributed by atoms with Crippen molar-refractivity contribution in [2.24, 2.45) is 0 Å². The lowest BCUT2D eigenvalue weighted by atomic mass is 10.1. The maximum Gasteiger partial charge on any atom is 0.338 e. The quantitative estimate of drug-likeness (QED) is 0.392. The molecule has 11 heteroatoms. The van der Waals surface area contributed by atoms with E-state index in [-0.39, 0.29) is 24.4 Å². The van der Waals surface area contributed by atoms with Crippen molar-refractivity contribution in [2.75, 3.05) is 73.2 Å². The predicted octanol–water partition coefficient (Wildman–Crippen LogP) is 2.65. The molecule has 3 atom stereocenters. The van der Waals surface area contributed by atoms with Gasteiger partial charge in [0.1, 0.15) is 6.10 Å². The van der Waals surface area contributed by atoms with E-state index >= 15 is 0 Å². The van der Waals surface area contributed by atoms with Crippen LogP contribution in [0.5, 0.6) is 17.2 Å². The van der Waals surface area contributed by atoms with E-state index in [1.54, 1.807) is 12.1 Å². The molecule has 0 spiro atoms. The number of cyclic esters (lactones) is 1. The molecule has 2 heterocycles. The van der Waals surface area contributed by atoms with Gasteiger partial charge < -0.3 is 38.8 Å². The number of ether oxygens (including phenoxy) is 5. The smallest absolute Gasteiger partial charge is 0.338 e. The number of carbonyl (C=O) groups excluding carboxylic acids is 3. The Bertz CT molecular complexity index is 973. The highest BCUT2D eigenvalue weighted by atomic mass is 16.5. The third-order valence-electron chi connectivity index (χ3n) is 7.14. The molecule has 1 amide bonds. The Morgan fingerprint density at radius 1 is 0.925 bits per heavy atom. The number of rotatable bonds is 7. The molecule has 40 heavy (non-hydrogen) atoms. The van der Waals surface area contributed by atoms with E-state index in [1.165, 1.54) is 21.1 Å². The number of nitrogens with zero attached hydrogens (tertiary/aromatic N) is 2. The Morgan fingerprint density at radius 2 is 1.65 bits per heavy atom. The largest absolute Gasteiger partial charge is 0.493 e. The Kier molecular flexibility index (Phi) is 13.3. The summed E-state index contributed by atoms with van der Waals surface area (Å²) in [6.45, 7) is 8.21. The van der Waals surface area contributed by atoms with Crippen molar-refractivity contribution in [3.05, 3.63) is 17.7 Å². The SMILES string of the molecule is COc1cc2cc(c1OC)OCCCC(OC(=O)CCCNC(C)=O)CCN1CCCN(CCCOC2=O)CC1. The molecular formula is C29H45N3O8. The molecule has 0 saturated carbocycles. The first-order chi connectivity index (χ1) is 19.4. The lowest BCUT2D eigenvalue weighted by Gasteiger charge is -2.24. The number of fused-ring (bicyclic) bond motifs is 5. The average Bonchev–Trinajstić information content (AvgIpc) is 3.18. The number of amides is 1. The predicted molar refractivity (Wildman–Crippen MR) is 149 cm³/mol. The van der Waals surface area contributed by atoms with Gasteiger partial charge in [0.2, 0.25) is 11.7 Å². The van der Waals surface area contributed by atoms with Crippen LogP contribution in [0.1, 0.15) is 62.2 Å². The van der Waals surface area contributed by atoms with Gasteiger partial charge in [0.05, 0.1) is 33.0 Å². The molecule has 224 valence electrons. The number of methoxy groups -OCH3 is 2. The molecule has 1 N–H and O–H groups in total. The van der Waals surface area contributed by atoms with Gasteiger partial charge in [-0.15, -0.1) is 0 Å². The average molecular weight is 564 g/mol. The van der Waals surface area contributed by atoms with E-state index in [0.29, 0.717) is 61.8 Å². The van der Waals surface area contributed by atoms with Crippen molar-refractivity contribution in [3.63, 3.8) is 0 Å². The first-order valence-corrected chi connectivity index (χ1v) is 14.3. The molecule has 1 aromatic carbocycles. The van der Waals surface area contributed by atoms with E-state index in [0.717, 1.165) is 58.5 Å². The molecule has 3 unspecified atom stereocenters.